The second-order valence-corrected chi connectivity index (χ2v) is 14.3. The molecule has 0 amide bonds. The number of aryl methyl sites for hydroxylation is 2. The van der Waals surface area contributed by atoms with Gasteiger partial charge in [0, 0.05) is 50.7 Å². The molecule has 0 spiro atoms. The van der Waals surface area contributed by atoms with Crippen molar-refractivity contribution in [2.75, 3.05) is 33.2 Å². The van der Waals surface area contributed by atoms with Crippen molar-refractivity contribution in [1.82, 2.24) is 29.7 Å². The van der Waals surface area contributed by atoms with Crippen molar-refractivity contribution >= 4 is 33.7 Å². The van der Waals surface area contributed by atoms with Crippen molar-refractivity contribution in [3.05, 3.63) is 88.6 Å². The molecule has 16 nitrogen and oxygen atoms in total. The molecule has 2 fully saturated rings. The van der Waals surface area contributed by atoms with Gasteiger partial charge in [-0.1, -0.05) is 56.2 Å². The third-order valence-corrected chi connectivity index (χ3v) is 9.56. The second-order valence-electron chi connectivity index (χ2n) is 14.3. The number of likely N-dealkylation sites (N-methyl/N-ethyl adjacent to an activating group) is 1. The van der Waals surface area contributed by atoms with Gasteiger partial charge in [0.05, 0.1) is 5.71 Å². The molecule has 292 valence electrons. The number of allylic oxidation sites excluding steroid dienone is 4. The van der Waals surface area contributed by atoms with Gasteiger partial charge in [-0.05, 0) is 74.6 Å². The third kappa shape index (κ3) is 9.92. The molecule has 1 saturated carbocycles. The molecule has 1 saturated heterocycles. The summed E-state index contributed by atoms with van der Waals surface area (Å²) in [5, 5.41) is 9.01. The molecule has 4 aromatic rings. The van der Waals surface area contributed by atoms with Crippen LogP contribution in [0.2, 0.25) is 0 Å². The maximum atomic E-state index is 12.7. The number of aromatic nitrogens is 4. The number of aromatic amines is 2. The number of oxime groups is 2. The van der Waals surface area contributed by atoms with Crippen molar-refractivity contribution in [3.8, 4) is 12.0 Å². The quantitative estimate of drug-likeness (QED) is 0.115. The Hall–Kier alpha value is -5.64. The number of amidine groups is 1. The summed E-state index contributed by atoms with van der Waals surface area (Å²) in [6, 6.07) is 2.50. The molecular formula is C39H48N8O8. The number of rotatable bonds is 12. The molecule has 7 rings (SSSR count). The first-order valence-corrected chi connectivity index (χ1v) is 19.0. The molecule has 1 aliphatic heterocycles. The van der Waals surface area contributed by atoms with Gasteiger partial charge in [0.15, 0.2) is 0 Å². The minimum Gasteiger partial charge on any atom is -0.403 e. The standard InChI is InChI=1S/C21H31N5O4.C18H17N3O4/c1-5-6-16(26-11-9-25(4)10-12-26)24-30-21-22-19(28)18-15(8-7-14(2)3)13-17(27)29-20(18)23-21;1-2-10-9-13(22)24-17-14(10)16(23)19-18(20-17)25-21-15(12-7-8-12)11-5-3-4-6-11/h13-14H,5-12H2,1-4H3,(H,22,23,28);3,5-6,9,12H,2,4,7-8H2,1H3,(H,19,20,23)/b24-16-;21-15+. The van der Waals surface area contributed by atoms with E-state index >= 15 is 0 Å². The zero-order valence-electron chi connectivity index (χ0n) is 32.0. The van der Waals surface area contributed by atoms with E-state index in [1.54, 1.807) is 0 Å². The lowest BCUT2D eigenvalue weighted by molar-refractivity contribution is 0.205. The summed E-state index contributed by atoms with van der Waals surface area (Å²) >= 11 is 0. The molecule has 3 aliphatic rings. The van der Waals surface area contributed by atoms with Crippen LogP contribution in [0, 0.1) is 11.8 Å². The van der Waals surface area contributed by atoms with E-state index in [1.165, 1.54) is 12.1 Å². The van der Waals surface area contributed by atoms with E-state index in [4.69, 9.17) is 18.5 Å². The largest absolute Gasteiger partial charge is 0.403 e. The average molecular weight is 757 g/mol. The molecule has 0 aromatic carbocycles. The normalized spacial score (nSPS) is 16.5. The summed E-state index contributed by atoms with van der Waals surface area (Å²) in [7, 11) is 2.09. The Morgan fingerprint density at radius 2 is 1.49 bits per heavy atom. The summed E-state index contributed by atoms with van der Waals surface area (Å²) < 4.78 is 10.2. The highest BCUT2D eigenvalue weighted by Gasteiger charge is 2.30. The summed E-state index contributed by atoms with van der Waals surface area (Å²) in [5.41, 5.74) is 1.20. The smallest absolute Gasteiger partial charge is 0.337 e. The van der Waals surface area contributed by atoms with Crippen molar-refractivity contribution in [3.63, 3.8) is 0 Å². The van der Waals surface area contributed by atoms with Crippen LogP contribution in [0.1, 0.15) is 77.3 Å². The van der Waals surface area contributed by atoms with Crippen LogP contribution >= 0.6 is 0 Å². The lowest BCUT2D eigenvalue weighted by Gasteiger charge is -2.34. The highest BCUT2D eigenvalue weighted by atomic mass is 16.6. The van der Waals surface area contributed by atoms with E-state index in [0.717, 1.165) is 81.8 Å². The molecule has 16 heteroatoms. The fourth-order valence-corrected chi connectivity index (χ4v) is 6.37. The Kier molecular flexibility index (Phi) is 12.5. The summed E-state index contributed by atoms with van der Waals surface area (Å²) in [5.74, 6) is 1.65. The average Bonchev–Trinajstić information content (AvgIpc) is 3.84. The zero-order valence-corrected chi connectivity index (χ0v) is 32.0. The molecule has 55 heavy (non-hydrogen) atoms. The molecule has 2 aliphatic carbocycles. The van der Waals surface area contributed by atoms with E-state index in [0.29, 0.717) is 41.2 Å². The fraction of sp³-hybridized carbons (Fsp3) is 0.487. The van der Waals surface area contributed by atoms with Crippen molar-refractivity contribution < 1.29 is 18.5 Å². The topological polar surface area (TPSA) is 202 Å². The molecule has 0 unspecified atom stereocenters. The minimum absolute atomic E-state index is 0.0214. The Labute approximate surface area is 316 Å². The molecule has 0 radical (unpaired) electrons. The van der Waals surface area contributed by atoms with Gasteiger partial charge in [-0.15, -0.1) is 0 Å². The zero-order chi connectivity index (χ0) is 39.1. The summed E-state index contributed by atoms with van der Waals surface area (Å²) in [4.78, 5) is 77.3. The van der Waals surface area contributed by atoms with Gasteiger partial charge in [-0.3, -0.25) is 19.6 Å². The van der Waals surface area contributed by atoms with E-state index in [2.05, 4.69) is 80.0 Å². The maximum absolute atomic E-state index is 12.7. The second kappa shape index (κ2) is 17.7. The molecule has 2 N–H and O–H groups in total. The molecule has 0 atom stereocenters. The molecular weight excluding hydrogens is 708 g/mol. The number of fused-ring (bicyclic) bond motifs is 2. The predicted molar refractivity (Wildman–Crippen MR) is 209 cm³/mol. The first-order valence-electron chi connectivity index (χ1n) is 19.0. The highest BCUT2D eigenvalue weighted by Crippen LogP contribution is 2.35. The number of hydrogen-bond acceptors (Lipinski definition) is 13. The molecule has 0 bridgehead atoms. The van der Waals surface area contributed by atoms with Gasteiger partial charge in [0.2, 0.25) is 11.4 Å². The highest BCUT2D eigenvalue weighted by molar-refractivity contribution is 6.05. The van der Waals surface area contributed by atoms with E-state index in [1.807, 2.05) is 13.0 Å². The van der Waals surface area contributed by atoms with E-state index < -0.39 is 22.4 Å². The Balaban J connectivity index is 0.000000190. The first kappa shape index (κ1) is 39.1. The monoisotopic (exact) mass is 756 g/mol. The lowest BCUT2D eigenvalue weighted by Crippen LogP contribution is -2.47. The van der Waals surface area contributed by atoms with Crippen LogP contribution in [0.3, 0.4) is 0 Å². The van der Waals surface area contributed by atoms with Crippen LogP contribution in [0.4, 0.5) is 0 Å². The van der Waals surface area contributed by atoms with Crippen LogP contribution in [-0.4, -0.2) is 74.5 Å². The van der Waals surface area contributed by atoms with Crippen LogP contribution in [0.15, 0.2) is 74.3 Å². The minimum atomic E-state index is -0.545. The van der Waals surface area contributed by atoms with Crippen molar-refractivity contribution in [2.45, 2.75) is 79.1 Å². The van der Waals surface area contributed by atoms with Gasteiger partial charge < -0.3 is 28.3 Å². The van der Waals surface area contributed by atoms with E-state index in [-0.39, 0.29) is 28.8 Å². The lowest BCUT2D eigenvalue weighted by atomic mass is 10.0. The fourth-order valence-electron chi connectivity index (χ4n) is 6.37. The SMILES string of the molecule is CCC/C(=N/Oc1nc2oc(=O)cc(CCC(C)C)c2c(=O)[nH]1)N1CCN(C)CC1.CCc1cc(=O)oc2nc(O/N=C(\C3=CCC=C3)C3CC3)[nH]c(=O)c12. The van der Waals surface area contributed by atoms with Gasteiger partial charge in [0.1, 0.15) is 16.6 Å². The number of H-pyrrole nitrogens is 2. The summed E-state index contributed by atoms with van der Waals surface area (Å²) in [6.07, 6.45) is 12.9. The number of nitrogens with one attached hydrogen (secondary N) is 2. The number of piperazine rings is 1. The third-order valence-electron chi connectivity index (χ3n) is 9.56. The first-order chi connectivity index (χ1) is 26.5. The van der Waals surface area contributed by atoms with Crippen LogP contribution in [0.5, 0.6) is 12.0 Å². The van der Waals surface area contributed by atoms with Gasteiger partial charge in [-0.2, -0.15) is 9.97 Å². The van der Waals surface area contributed by atoms with Crippen LogP contribution < -0.4 is 32.0 Å². The molecule has 5 heterocycles. The Morgan fingerprint density at radius 1 is 0.891 bits per heavy atom. The Morgan fingerprint density at radius 3 is 2.04 bits per heavy atom. The number of nitrogens with zero attached hydrogens (tertiary/aromatic N) is 6. The van der Waals surface area contributed by atoms with Crippen LogP contribution in [0.25, 0.3) is 22.2 Å². The van der Waals surface area contributed by atoms with Gasteiger partial charge >= 0.3 is 23.3 Å². The number of hydrogen-bond donors (Lipinski definition) is 2. The Bertz CT molecular complexity index is 2370. The van der Waals surface area contributed by atoms with Crippen LogP contribution in [-0.2, 0) is 12.8 Å². The van der Waals surface area contributed by atoms with Gasteiger partial charge in [-0.25, -0.2) is 9.59 Å². The van der Waals surface area contributed by atoms with Gasteiger partial charge in [0.25, 0.3) is 11.1 Å². The van der Waals surface area contributed by atoms with Crippen molar-refractivity contribution in [2.24, 2.45) is 22.1 Å². The molecule has 4 aromatic heterocycles. The summed E-state index contributed by atoms with van der Waals surface area (Å²) in [6.45, 7) is 11.8. The van der Waals surface area contributed by atoms with Crippen molar-refractivity contribution in [1.29, 1.82) is 0 Å². The maximum Gasteiger partial charge on any atom is 0.337 e. The van der Waals surface area contributed by atoms with E-state index in [9.17, 15) is 19.2 Å². The predicted octanol–water partition coefficient (Wildman–Crippen LogP) is 4.67.